The van der Waals surface area contributed by atoms with E-state index in [1.807, 2.05) is 26.8 Å². The molecular weight excluding hydrogens is 310 g/mol. The van der Waals surface area contributed by atoms with Crippen LogP contribution in [-0.4, -0.2) is 20.5 Å². The van der Waals surface area contributed by atoms with Gasteiger partial charge in [0.2, 0.25) is 5.78 Å². The van der Waals surface area contributed by atoms with Gasteiger partial charge in [0.15, 0.2) is 0 Å². The Balaban J connectivity index is 2.11. The van der Waals surface area contributed by atoms with Gasteiger partial charge in [-0.1, -0.05) is 6.92 Å². The number of aryl methyl sites for hydroxylation is 2. The van der Waals surface area contributed by atoms with E-state index in [-0.39, 0.29) is 22.9 Å². The minimum Gasteiger partial charge on any atom is -0.302 e. The van der Waals surface area contributed by atoms with Crippen LogP contribution in [-0.2, 0) is 6.42 Å². The summed E-state index contributed by atoms with van der Waals surface area (Å²) in [7, 11) is 0. The number of rotatable bonds is 4. The van der Waals surface area contributed by atoms with Crippen molar-refractivity contribution in [2.45, 2.75) is 40.2 Å². The van der Waals surface area contributed by atoms with Crippen LogP contribution < -0.4 is 5.56 Å². The number of hydrogen-bond donors (Lipinski definition) is 1. The summed E-state index contributed by atoms with van der Waals surface area (Å²) < 4.78 is 2.53. The van der Waals surface area contributed by atoms with Crippen molar-refractivity contribution < 1.29 is 4.79 Å². The van der Waals surface area contributed by atoms with Gasteiger partial charge in [0.1, 0.15) is 5.56 Å². The number of thiazole rings is 1. The van der Waals surface area contributed by atoms with Crippen LogP contribution in [0.5, 0.6) is 0 Å². The van der Waals surface area contributed by atoms with Crippen molar-refractivity contribution in [3.05, 3.63) is 50.4 Å². The zero-order chi connectivity index (χ0) is 16.7. The highest BCUT2D eigenvalue weighted by molar-refractivity contribution is 7.18. The maximum atomic E-state index is 12.8. The number of nitrogens with zero attached hydrogens (tertiary/aromatic N) is 2. The molecule has 0 aliphatic heterocycles. The number of fused-ring (bicyclic) bond motifs is 1. The zero-order valence-corrected chi connectivity index (χ0v) is 14.5. The van der Waals surface area contributed by atoms with Crippen molar-refractivity contribution in [3.63, 3.8) is 0 Å². The lowest BCUT2D eigenvalue weighted by Gasteiger charge is -2.05. The summed E-state index contributed by atoms with van der Waals surface area (Å²) in [4.78, 5) is 29.7. The maximum Gasteiger partial charge on any atom is 0.277 e. The molecule has 0 bridgehead atoms. The molecule has 1 N–H and O–H groups in total. The minimum atomic E-state index is -0.281. The number of aromatic amines is 1. The summed E-state index contributed by atoms with van der Waals surface area (Å²) in [5, 5.41) is 3.92. The number of nitrogens with one attached hydrogen (secondary N) is 1. The van der Waals surface area contributed by atoms with E-state index in [4.69, 9.17) is 0 Å². The van der Waals surface area contributed by atoms with Gasteiger partial charge >= 0.3 is 0 Å². The summed E-state index contributed by atoms with van der Waals surface area (Å²) in [5.74, 6) is -0.254. The van der Waals surface area contributed by atoms with Crippen molar-refractivity contribution in [2.24, 2.45) is 0 Å². The van der Waals surface area contributed by atoms with Crippen LogP contribution in [0.2, 0.25) is 0 Å². The number of hydrogen-bond acceptors (Lipinski definition) is 4. The van der Waals surface area contributed by atoms with Gasteiger partial charge in [-0.25, -0.2) is 4.98 Å². The molecule has 1 aromatic carbocycles. The number of carbonyl (C=O) groups is 1. The second kappa shape index (κ2) is 5.77. The maximum absolute atomic E-state index is 12.8. The molecule has 0 aliphatic carbocycles. The standard InChI is InChI=1S/C17H19N3O2S/c1-5-14-19-15-10(4)11(6-7-13(15)23-14)16(21)12-8-18-20(9(2)3)17(12)22/h6-9,18H,5H2,1-4H3. The molecule has 3 rings (SSSR count). The fourth-order valence-electron chi connectivity index (χ4n) is 2.64. The average molecular weight is 329 g/mol. The fourth-order valence-corrected chi connectivity index (χ4v) is 3.61. The molecule has 0 atom stereocenters. The SMILES string of the molecule is CCc1nc2c(C)c(C(=O)c3c[nH]n(C(C)C)c3=O)ccc2s1. The quantitative estimate of drug-likeness (QED) is 0.745. The monoisotopic (exact) mass is 329 g/mol. The normalized spacial score (nSPS) is 11.5. The van der Waals surface area contributed by atoms with E-state index in [1.165, 1.54) is 10.9 Å². The lowest BCUT2D eigenvalue weighted by atomic mass is 10.0. The summed E-state index contributed by atoms with van der Waals surface area (Å²) in [6.07, 6.45) is 2.37. The summed E-state index contributed by atoms with van der Waals surface area (Å²) in [6.45, 7) is 7.74. The van der Waals surface area contributed by atoms with E-state index < -0.39 is 0 Å². The summed E-state index contributed by atoms with van der Waals surface area (Å²) in [5.41, 5.74) is 2.12. The Bertz CT molecular complexity index is 947. The predicted molar refractivity (Wildman–Crippen MR) is 92.6 cm³/mol. The Hall–Kier alpha value is -2.21. The molecule has 0 radical (unpaired) electrons. The van der Waals surface area contributed by atoms with Gasteiger partial charge in [0, 0.05) is 17.8 Å². The van der Waals surface area contributed by atoms with Gasteiger partial charge in [-0.2, -0.15) is 0 Å². The van der Waals surface area contributed by atoms with Crippen molar-refractivity contribution in [1.82, 2.24) is 14.8 Å². The van der Waals surface area contributed by atoms with Gasteiger partial charge in [0.05, 0.1) is 15.2 Å². The van der Waals surface area contributed by atoms with E-state index in [0.717, 1.165) is 27.2 Å². The first-order valence-electron chi connectivity index (χ1n) is 7.67. The first-order valence-corrected chi connectivity index (χ1v) is 8.49. The highest BCUT2D eigenvalue weighted by Crippen LogP contribution is 2.28. The summed E-state index contributed by atoms with van der Waals surface area (Å²) in [6, 6.07) is 3.70. The van der Waals surface area contributed by atoms with Crippen LogP contribution in [0, 0.1) is 6.92 Å². The molecule has 0 saturated heterocycles. The Labute approximate surface area is 138 Å². The smallest absolute Gasteiger partial charge is 0.277 e. The molecule has 0 spiro atoms. The van der Waals surface area contributed by atoms with Crippen LogP contribution in [0.15, 0.2) is 23.1 Å². The third-order valence-corrected chi connectivity index (χ3v) is 5.13. The van der Waals surface area contributed by atoms with Gasteiger partial charge in [0.25, 0.3) is 5.56 Å². The molecule has 0 saturated carbocycles. The number of benzene rings is 1. The Morgan fingerprint density at radius 1 is 1.35 bits per heavy atom. The number of H-pyrrole nitrogens is 1. The molecule has 0 aliphatic rings. The van der Waals surface area contributed by atoms with Gasteiger partial charge < -0.3 is 5.10 Å². The molecule has 23 heavy (non-hydrogen) atoms. The zero-order valence-electron chi connectivity index (χ0n) is 13.6. The molecule has 5 nitrogen and oxygen atoms in total. The molecule has 2 heterocycles. The van der Waals surface area contributed by atoms with Crippen LogP contribution in [0.1, 0.15) is 53.3 Å². The van der Waals surface area contributed by atoms with Crippen molar-refractivity contribution in [1.29, 1.82) is 0 Å². The van der Waals surface area contributed by atoms with Crippen molar-refractivity contribution in [3.8, 4) is 0 Å². The molecule has 3 aromatic rings. The Morgan fingerprint density at radius 3 is 2.70 bits per heavy atom. The van der Waals surface area contributed by atoms with Crippen LogP contribution >= 0.6 is 11.3 Å². The van der Waals surface area contributed by atoms with Crippen LogP contribution in [0.4, 0.5) is 0 Å². The van der Waals surface area contributed by atoms with Gasteiger partial charge in [-0.15, -0.1) is 11.3 Å². The van der Waals surface area contributed by atoms with E-state index in [1.54, 1.807) is 17.4 Å². The van der Waals surface area contributed by atoms with Crippen LogP contribution in [0.3, 0.4) is 0 Å². The molecule has 0 fully saturated rings. The lowest BCUT2D eigenvalue weighted by molar-refractivity contribution is 0.103. The second-order valence-corrected chi connectivity index (χ2v) is 6.95. The van der Waals surface area contributed by atoms with E-state index in [0.29, 0.717) is 5.56 Å². The second-order valence-electron chi connectivity index (χ2n) is 5.83. The Kier molecular flexibility index (Phi) is 3.93. The highest BCUT2D eigenvalue weighted by Gasteiger charge is 2.20. The molecule has 6 heteroatoms. The van der Waals surface area contributed by atoms with E-state index in [9.17, 15) is 9.59 Å². The lowest BCUT2D eigenvalue weighted by Crippen LogP contribution is -2.23. The molecule has 0 unspecified atom stereocenters. The van der Waals surface area contributed by atoms with Crippen molar-refractivity contribution in [2.75, 3.05) is 0 Å². The minimum absolute atomic E-state index is 0.0155. The fraction of sp³-hybridized carbons (Fsp3) is 0.353. The first kappa shape index (κ1) is 15.7. The largest absolute Gasteiger partial charge is 0.302 e. The van der Waals surface area contributed by atoms with Gasteiger partial charge in [-0.3, -0.25) is 14.3 Å². The molecular formula is C17H19N3O2S. The van der Waals surface area contributed by atoms with Crippen LogP contribution in [0.25, 0.3) is 10.2 Å². The average Bonchev–Trinajstić information content (AvgIpc) is 3.10. The van der Waals surface area contributed by atoms with Crippen molar-refractivity contribution >= 4 is 27.3 Å². The Morgan fingerprint density at radius 2 is 2.09 bits per heavy atom. The number of carbonyl (C=O) groups excluding carboxylic acids is 1. The first-order chi connectivity index (χ1) is 10.9. The predicted octanol–water partition coefficient (Wildman–Crippen LogP) is 3.47. The van der Waals surface area contributed by atoms with E-state index >= 15 is 0 Å². The summed E-state index contributed by atoms with van der Waals surface area (Å²) >= 11 is 1.64. The molecule has 120 valence electrons. The topological polar surface area (TPSA) is 67.8 Å². The number of aromatic nitrogens is 3. The van der Waals surface area contributed by atoms with E-state index in [2.05, 4.69) is 17.0 Å². The third kappa shape index (κ3) is 2.53. The number of ketones is 1. The van der Waals surface area contributed by atoms with Gasteiger partial charge in [-0.05, 0) is 44.9 Å². The molecule has 2 aromatic heterocycles. The third-order valence-electron chi connectivity index (χ3n) is 3.96. The molecule has 0 amide bonds. The highest BCUT2D eigenvalue weighted by atomic mass is 32.1.